The van der Waals surface area contributed by atoms with Crippen LogP contribution in [0.3, 0.4) is 0 Å². The molecule has 0 spiro atoms. The molecule has 120 valence electrons. The maximum absolute atomic E-state index is 11.9. The molecular weight excluding hydrogens is 316 g/mol. The van der Waals surface area contributed by atoms with E-state index in [2.05, 4.69) is 16.0 Å². The number of nitrogens with one attached hydrogen (secondary N) is 3. The van der Waals surface area contributed by atoms with E-state index in [1.165, 1.54) is 0 Å². The Balaban J connectivity index is 1.85. The Morgan fingerprint density at radius 2 is 1.78 bits per heavy atom. The van der Waals surface area contributed by atoms with Gasteiger partial charge in [-0.3, -0.25) is 19.7 Å². The van der Waals surface area contributed by atoms with Crippen LogP contribution in [0.2, 0.25) is 0 Å². The summed E-state index contributed by atoms with van der Waals surface area (Å²) in [6.07, 6.45) is 1.30. The topological polar surface area (TPSA) is 111 Å². The number of nitriles is 1. The fraction of sp³-hybridized carbons (Fsp3) is 0.333. The van der Waals surface area contributed by atoms with Crippen molar-refractivity contribution >= 4 is 35.2 Å². The first-order valence-corrected chi connectivity index (χ1v) is 7.94. The second kappa shape index (κ2) is 8.31. The van der Waals surface area contributed by atoms with Crippen molar-refractivity contribution in [1.82, 2.24) is 10.6 Å². The molecule has 0 unspecified atom stereocenters. The molecule has 1 aliphatic rings. The van der Waals surface area contributed by atoms with Gasteiger partial charge in [0.25, 0.3) is 0 Å². The molecule has 3 N–H and O–H groups in total. The van der Waals surface area contributed by atoms with Crippen LogP contribution >= 0.6 is 11.8 Å². The number of hydrogen-bond donors (Lipinski definition) is 3. The highest BCUT2D eigenvalue weighted by molar-refractivity contribution is 8.03. The zero-order valence-electron chi connectivity index (χ0n) is 12.3. The Morgan fingerprint density at radius 1 is 1.13 bits per heavy atom. The molecule has 8 heteroatoms. The standard InChI is InChI=1S/C15H16N4O3S/c16-9-23-12-3-1-11(2-4-12)18-14(21)15(22)19-13(20)10-5-7-17-8-6-10/h1-4,10,17H,5-8H2,(H,18,21)(H,19,20,22). The van der Waals surface area contributed by atoms with Crippen LogP contribution in [0.5, 0.6) is 0 Å². The number of piperidine rings is 1. The number of rotatable bonds is 3. The monoisotopic (exact) mass is 332 g/mol. The predicted octanol–water partition coefficient (Wildman–Crippen LogP) is 0.841. The van der Waals surface area contributed by atoms with E-state index in [4.69, 9.17) is 5.26 Å². The van der Waals surface area contributed by atoms with Crippen LogP contribution in [0, 0.1) is 16.6 Å². The van der Waals surface area contributed by atoms with E-state index in [9.17, 15) is 14.4 Å². The number of carbonyl (C=O) groups excluding carboxylic acids is 3. The smallest absolute Gasteiger partial charge is 0.316 e. The van der Waals surface area contributed by atoms with Crippen molar-refractivity contribution < 1.29 is 14.4 Å². The summed E-state index contributed by atoms with van der Waals surface area (Å²) in [5.41, 5.74) is 0.418. The zero-order valence-corrected chi connectivity index (χ0v) is 13.1. The van der Waals surface area contributed by atoms with Gasteiger partial charge >= 0.3 is 11.8 Å². The van der Waals surface area contributed by atoms with Crippen molar-refractivity contribution in [2.24, 2.45) is 5.92 Å². The first-order chi connectivity index (χ1) is 11.1. The molecule has 0 bridgehead atoms. The first kappa shape index (κ1) is 17.0. The summed E-state index contributed by atoms with van der Waals surface area (Å²) in [5, 5.41) is 18.2. The van der Waals surface area contributed by atoms with Crippen molar-refractivity contribution in [2.45, 2.75) is 17.7 Å². The number of hydrogen-bond acceptors (Lipinski definition) is 6. The Bertz CT molecular complexity index is 633. The van der Waals surface area contributed by atoms with E-state index in [1.807, 2.05) is 5.40 Å². The van der Waals surface area contributed by atoms with Gasteiger partial charge < -0.3 is 10.6 Å². The molecule has 23 heavy (non-hydrogen) atoms. The van der Waals surface area contributed by atoms with Gasteiger partial charge in [0.05, 0.1) is 0 Å². The van der Waals surface area contributed by atoms with Crippen molar-refractivity contribution in [1.29, 1.82) is 5.26 Å². The van der Waals surface area contributed by atoms with Crippen molar-refractivity contribution in [3.8, 4) is 5.40 Å². The Hall–Kier alpha value is -2.37. The second-order valence-electron chi connectivity index (χ2n) is 5.01. The highest BCUT2D eigenvalue weighted by Gasteiger charge is 2.25. The number of anilines is 1. The molecule has 0 atom stereocenters. The summed E-state index contributed by atoms with van der Waals surface area (Å²) in [6.45, 7) is 1.46. The highest BCUT2D eigenvalue weighted by atomic mass is 32.2. The Labute approximate surface area is 137 Å². The van der Waals surface area contributed by atoms with Crippen LogP contribution in [-0.2, 0) is 14.4 Å². The lowest BCUT2D eigenvalue weighted by Crippen LogP contribution is -2.44. The number of carbonyl (C=O) groups is 3. The molecule has 1 aliphatic heterocycles. The summed E-state index contributed by atoms with van der Waals surface area (Å²) in [5.74, 6) is -2.51. The van der Waals surface area contributed by atoms with Crippen LogP contribution in [0.15, 0.2) is 29.2 Å². The third kappa shape index (κ3) is 5.09. The molecule has 7 nitrogen and oxygen atoms in total. The lowest BCUT2D eigenvalue weighted by atomic mass is 9.97. The molecule has 1 saturated heterocycles. The van der Waals surface area contributed by atoms with Crippen molar-refractivity contribution in [2.75, 3.05) is 18.4 Å². The molecule has 1 aromatic carbocycles. The quantitative estimate of drug-likeness (QED) is 0.430. The number of benzene rings is 1. The molecule has 1 fully saturated rings. The lowest BCUT2D eigenvalue weighted by molar-refractivity contribution is -0.141. The summed E-state index contributed by atoms with van der Waals surface area (Å²) in [6, 6.07) is 6.47. The Morgan fingerprint density at radius 3 is 2.39 bits per heavy atom. The average Bonchev–Trinajstić information content (AvgIpc) is 2.57. The molecule has 1 aromatic rings. The van der Waals surface area contributed by atoms with E-state index < -0.39 is 17.7 Å². The average molecular weight is 332 g/mol. The van der Waals surface area contributed by atoms with E-state index in [0.29, 0.717) is 18.5 Å². The number of imide groups is 1. The minimum absolute atomic E-state index is 0.240. The number of thiocyanates is 1. The van der Waals surface area contributed by atoms with Crippen molar-refractivity contribution in [3.05, 3.63) is 24.3 Å². The van der Waals surface area contributed by atoms with Crippen LogP contribution in [0.4, 0.5) is 5.69 Å². The van der Waals surface area contributed by atoms with E-state index in [1.54, 1.807) is 24.3 Å². The summed E-state index contributed by atoms with van der Waals surface area (Å²) >= 11 is 0.997. The third-order valence-electron chi connectivity index (χ3n) is 3.43. The van der Waals surface area contributed by atoms with E-state index >= 15 is 0 Å². The maximum Gasteiger partial charge on any atom is 0.316 e. The van der Waals surface area contributed by atoms with Gasteiger partial charge in [0, 0.05) is 16.5 Å². The summed E-state index contributed by atoms with van der Waals surface area (Å²) in [4.78, 5) is 36.2. The number of amides is 3. The summed E-state index contributed by atoms with van der Waals surface area (Å²) < 4.78 is 0. The predicted molar refractivity (Wildman–Crippen MR) is 85.3 cm³/mol. The fourth-order valence-electron chi connectivity index (χ4n) is 2.20. The lowest BCUT2D eigenvalue weighted by Gasteiger charge is -2.21. The van der Waals surface area contributed by atoms with E-state index in [-0.39, 0.29) is 5.92 Å². The van der Waals surface area contributed by atoms with Gasteiger partial charge in [0.15, 0.2) is 0 Å². The van der Waals surface area contributed by atoms with Crippen LogP contribution < -0.4 is 16.0 Å². The van der Waals surface area contributed by atoms with Crippen molar-refractivity contribution in [3.63, 3.8) is 0 Å². The minimum Gasteiger partial charge on any atom is -0.318 e. The van der Waals surface area contributed by atoms with Gasteiger partial charge in [-0.2, -0.15) is 5.26 Å². The molecule has 2 rings (SSSR count). The SMILES string of the molecule is N#CSc1ccc(NC(=O)C(=O)NC(=O)C2CCNCC2)cc1. The molecule has 1 heterocycles. The first-order valence-electron chi connectivity index (χ1n) is 7.13. The van der Waals surface area contributed by atoms with Crippen LogP contribution in [0.25, 0.3) is 0 Å². The van der Waals surface area contributed by atoms with Gasteiger partial charge in [0.2, 0.25) is 5.91 Å². The van der Waals surface area contributed by atoms with Gasteiger partial charge in [-0.1, -0.05) is 0 Å². The fourth-order valence-corrected chi connectivity index (χ4v) is 2.58. The summed E-state index contributed by atoms with van der Waals surface area (Å²) in [7, 11) is 0. The largest absolute Gasteiger partial charge is 0.318 e. The normalized spacial score (nSPS) is 14.6. The molecule has 3 amide bonds. The second-order valence-corrected chi connectivity index (χ2v) is 5.87. The Kier molecular flexibility index (Phi) is 6.14. The number of nitrogens with zero attached hydrogens (tertiary/aromatic N) is 1. The maximum atomic E-state index is 11.9. The van der Waals surface area contributed by atoms with Crippen LogP contribution in [-0.4, -0.2) is 30.8 Å². The molecule has 0 aliphatic carbocycles. The number of thioether (sulfide) groups is 1. The van der Waals surface area contributed by atoms with Gasteiger partial charge in [-0.05, 0) is 62.0 Å². The van der Waals surface area contributed by atoms with Gasteiger partial charge in [-0.15, -0.1) is 0 Å². The molecule has 0 radical (unpaired) electrons. The third-order valence-corrected chi connectivity index (χ3v) is 4.03. The zero-order chi connectivity index (χ0) is 16.7. The molecular formula is C15H16N4O3S. The highest BCUT2D eigenvalue weighted by Crippen LogP contribution is 2.19. The molecule has 0 saturated carbocycles. The van der Waals surface area contributed by atoms with Gasteiger partial charge in [-0.25, -0.2) is 0 Å². The van der Waals surface area contributed by atoms with Gasteiger partial charge in [0.1, 0.15) is 5.40 Å². The van der Waals surface area contributed by atoms with Crippen LogP contribution in [0.1, 0.15) is 12.8 Å². The minimum atomic E-state index is -0.969. The molecule has 0 aromatic heterocycles. The van der Waals surface area contributed by atoms with E-state index in [0.717, 1.165) is 29.7 Å².